The Hall–Kier alpha value is -2.03. The van der Waals surface area contributed by atoms with Crippen molar-refractivity contribution in [1.29, 1.82) is 0 Å². The van der Waals surface area contributed by atoms with Crippen LogP contribution >= 0.6 is 0 Å². The molecule has 2 aromatic rings. The summed E-state index contributed by atoms with van der Waals surface area (Å²) >= 11 is 0. The van der Waals surface area contributed by atoms with Gasteiger partial charge in [0.1, 0.15) is 11.6 Å². The minimum Gasteiger partial charge on any atom is -0.294 e. The molecule has 0 spiro atoms. The molecule has 0 aliphatic rings. The van der Waals surface area contributed by atoms with Crippen LogP contribution in [-0.2, 0) is 0 Å². The van der Waals surface area contributed by atoms with Gasteiger partial charge in [-0.05, 0) is 43.2 Å². The summed E-state index contributed by atoms with van der Waals surface area (Å²) in [7, 11) is 0. The first kappa shape index (κ1) is 12.4. The van der Waals surface area contributed by atoms with Gasteiger partial charge in [-0.2, -0.15) is 0 Å². The number of carbonyl (C=O) groups excluding carboxylic acids is 1. The van der Waals surface area contributed by atoms with Gasteiger partial charge in [-0.25, -0.2) is 8.78 Å². The molecule has 1 nitrogen and oxygen atoms in total. The molecule has 0 N–H and O–H groups in total. The Balaban J connectivity index is 2.73. The van der Waals surface area contributed by atoms with Crippen LogP contribution in [0, 0.1) is 18.6 Å². The van der Waals surface area contributed by atoms with Gasteiger partial charge in [-0.15, -0.1) is 0 Å². The number of carbonyl (C=O) groups is 1. The average Bonchev–Trinajstić information content (AvgIpc) is 2.32. The minimum atomic E-state index is -0.490. The highest BCUT2D eigenvalue weighted by Crippen LogP contribution is 2.29. The van der Waals surface area contributed by atoms with Crippen LogP contribution in [0.15, 0.2) is 36.4 Å². The lowest BCUT2D eigenvalue weighted by Crippen LogP contribution is -1.99. The van der Waals surface area contributed by atoms with Crippen LogP contribution in [0.25, 0.3) is 11.1 Å². The van der Waals surface area contributed by atoms with Crippen LogP contribution in [-0.4, -0.2) is 5.78 Å². The Morgan fingerprint density at radius 1 is 1.06 bits per heavy atom. The molecule has 0 unspecified atom stereocenters. The quantitative estimate of drug-likeness (QED) is 0.728. The fraction of sp³-hybridized carbons (Fsp3) is 0.133. The molecule has 2 rings (SSSR count). The smallest absolute Gasteiger partial charge is 0.160 e. The van der Waals surface area contributed by atoms with Crippen LogP contribution in [0.5, 0.6) is 0 Å². The molecule has 0 aromatic heterocycles. The molecule has 0 atom stereocenters. The number of benzene rings is 2. The van der Waals surface area contributed by atoms with Crippen molar-refractivity contribution in [3.63, 3.8) is 0 Å². The SMILES string of the molecule is CC(=O)c1ccc(F)cc1-c1cccc(C)c1F. The zero-order chi connectivity index (χ0) is 13.3. The lowest BCUT2D eigenvalue weighted by atomic mass is 9.95. The van der Waals surface area contributed by atoms with Crippen LogP contribution < -0.4 is 0 Å². The number of hydrogen-bond donors (Lipinski definition) is 0. The van der Waals surface area contributed by atoms with Crippen LogP contribution in [0.3, 0.4) is 0 Å². The maximum atomic E-state index is 14.0. The normalized spacial score (nSPS) is 10.4. The van der Waals surface area contributed by atoms with E-state index in [2.05, 4.69) is 0 Å². The van der Waals surface area contributed by atoms with E-state index < -0.39 is 11.6 Å². The van der Waals surface area contributed by atoms with E-state index in [1.807, 2.05) is 0 Å². The van der Waals surface area contributed by atoms with Crippen LogP contribution in [0.2, 0.25) is 0 Å². The monoisotopic (exact) mass is 246 g/mol. The van der Waals surface area contributed by atoms with Crippen molar-refractivity contribution < 1.29 is 13.6 Å². The van der Waals surface area contributed by atoms with Gasteiger partial charge in [0.15, 0.2) is 5.78 Å². The maximum Gasteiger partial charge on any atom is 0.160 e. The van der Waals surface area contributed by atoms with Gasteiger partial charge in [-0.1, -0.05) is 18.2 Å². The molecular formula is C15H12F2O. The Labute approximate surface area is 104 Å². The molecule has 0 amide bonds. The second-order valence-corrected chi connectivity index (χ2v) is 4.18. The standard InChI is InChI=1S/C15H12F2O/c1-9-4-3-5-13(15(9)17)14-8-11(16)6-7-12(14)10(2)18/h3-8H,1-2H3. The molecule has 92 valence electrons. The van der Waals surface area contributed by atoms with Crippen molar-refractivity contribution in [2.75, 3.05) is 0 Å². The third kappa shape index (κ3) is 2.16. The Morgan fingerprint density at radius 2 is 1.78 bits per heavy atom. The zero-order valence-electron chi connectivity index (χ0n) is 10.1. The Kier molecular flexibility index (Phi) is 3.24. The van der Waals surface area contributed by atoms with Crippen molar-refractivity contribution >= 4 is 5.78 Å². The summed E-state index contributed by atoms with van der Waals surface area (Å²) < 4.78 is 27.3. The number of aryl methyl sites for hydroxylation is 1. The summed E-state index contributed by atoms with van der Waals surface area (Å²) in [4.78, 5) is 11.5. The number of ketones is 1. The van der Waals surface area contributed by atoms with E-state index in [9.17, 15) is 13.6 Å². The summed E-state index contributed by atoms with van der Waals surface area (Å²) in [5.74, 6) is -1.13. The summed E-state index contributed by atoms with van der Waals surface area (Å²) in [6.07, 6.45) is 0. The highest BCUT2D eigenvalue weighted by atomic mass is 19.1. The van der Waals surface area contributed by atoms with Gasteiger partial charge in [0.2, 0.25) is 0 Å². The lowest BCUT2D eigenvalue weighted by molar-refractivity contribution is 0.101. The second-order valence-electron chi connectivity index (χ2n) is 4.18. The number of Topliss-reactive ketones (excluding diaryl/α,β-unsaturated/α-hetero) is 1. The molecule has 0 aliphatic heterocycles. The zero-order valence-corrected chi connectivity index (χ0v) is 10.1. The highest BCUT2D eigenvalue weighted by molar-refractivity contribution is 6.00. The molecular weight excluding hydrogens is 234 g/mol. The number of hydrogen-bond acceptors (Lipinski definition) is 1. The number of halogens is 2. The van der Waals surface area contributed by atoms with Gasteiger partial charge in [0.05, 0.1) is 0 Å². The fourth-order valence-electron chi connectivity index (χ4n) is 1.90. The topological polar surface area (TPSA) is 17.1 Å². The van der Waals surface area contributed by atoms with Crippen molar-refractivity contribution in [1.82, 2.24) is 0 Å². The average molecular weight is 246 g/mol. The predicted octanol–water partition coefficient (Wildman–Crippen LogP) is 4.14. The molecule has 18 heavy (non-hydrogen) atoms. The third-order valence-electron chi connectivity index (χ3n) is 2.84. The van der Waals surface area contributed by atoms with Gasteiger partial charge >= 0.3 is 0 Å². The van der Waals surface area contributed by atoms with Gasteiger partial charge in [0.25, 0.3) is 0 Å². The summed E-state index contributed by atoms with van der Waals surface area (Å²) in [5.41, 5.74) is 1.33. The molecule has 3 heteroatoms. The molecule has 0 fully saturated rings. The highest BCUT2D eigenvalue weighted by Gasteiger charge is 2.14. The second kappa shape index (κ2) is 4.69. The van der Waals surface area contributed by atoms with Crippen LogP contribution in [0.1, 0.15) is 22.8 Å². The third-order valence-corrected chi connectivity index (χ3v) is 2.84. The molecule has 0 radical (unpaired) electrons. The molecule has 0 heterocycles. The Bertz CT molecular complexity index is 618. The van der Waals surface area contributed by atoms with Crippen molar-refractivity contribution in [2.45, 2.75) is 13.8 Å². The van der Waals surface area contributed by atoms with Crippen LogP contribution in [0.4, 0.5) is 8.78 Å². The summed E-state index contributed by atoms with van der Waals surface area (Å²) in [6, 6.07) is 8.63. The molecule has 0 saturated carbocycles. The molecule has 0 saturated heterocycles. The van der Waals surface area contributed by atoms with E-state index in [4.69, 9.17) is 0 Å². The Morgan fingerprint density at radius 3 is 2.44 bits per heavy atom. The molecule has 2 aromatic carbocycles. The summed E-state index contributed by atoms with van der Waals surface area (Å²) in [6.45, 7) is 3.01. The van der Waals surface area contributed by atoms with E-state index in [0.717, 1.165) is 0 Å². The van der Waals surface area contributed by atoms with Crippen molar-refractivity contribution in [3.05, 3.63) is 59.2 Å². The first-order valence-electron chi connectivity index (χ1n) is 5.56. The van der Waals surface area contributed by atoms with Crippen molar-refractivity contribution in [2.24, 2.45) is 0 Å². The molecule has 0 aliphatic carbocycles. The minimum absolute atomic E-state index is 0.217. The van der Waals surface area contributed by atoms with Gasteiger partial charge < -0.3 is 0 Å². The fourth-order valence-corrected chi connectivity index (χ4v) is 1.90. The first-order chi connectivity index (χ1) is 8.50. The van der Waals surface area contributed by atoms with E-state index in [1.165, 1.54) is 25.1 Å². The first-order valence-corrected chi connectivity index (χ1v) is 5.56. The number of rotatable bonds is 2. The predicted molar refractivity (Wildman–Crippen MR) is 66.5 cm³/mol. The van der Waals surface area contributed by atoms with E-state index in [-0.39, 0.29) is 11.3 Å². The maximum absolute atomic E-state index is 14.0. The van der Waals surface area contributed by atoms with E-state index in [1.54, 1.807) is 25.1 Å². The lowest BCUT2D eigenvalue weighted by Gasteiger charge is -2.10. The van der Waals surface area contributed by atoms with Gasteiger partial charge in [-0.3, -0.25) is 4.79 Å². The largest absolute Gasteiger partial charge is 0.294 e. The van der Waals surface area contributed by atoms with E-state index in [0.29, 0.717) is 16.7 Å². The summed E-state index contributed by atoms with van der Waals surface area (Å²) in [5, 5.41) is 0. The molecule has 0 bridgehead atoms. The van der Waals surface area contributed by atoms with E-state index >= 15 is 0 Å². The van der Waals surface area contributed by atoms with Gasteiger partial charge in [0, 0.05) is 11.1 Å². The van der Waals surface area contributed by atoms with Crippen molar-refractivity contribution in [3.8, 4) is 11.1 Å².